The summed E-state index contributed by atoms with van der Waals surface area (Å²) in [6.07, 6.45) is 3.21. The van der Waals surface area contributed by atoms with Crippen LogP contribution in [-0.2, 0) is 0 Å². The van der Waals surface area contributed by atoms with Gasteiger partial charge in [-0.3, -0.25) is 4.99 Å². The van der Waals surface area contributed by atoms with E-state index in [9.17, 15) is 0 Å². The molecule has 3 nitrogen and oxygen atoms in total. The van der Waals surface area contributed by atoms with E-state index >= 15 is 0 Å². The number of benzene rings is 1. The summed E-state index contributed by atoms with van der Waals surface area (Å²) in [6, 6.07) is 8.68. The summed E-state index contributed by atoms with van der Waals surface area (Å²) in [4.78, 5) is 6.76. The Balaban J connectivity index is 2.24. The fourth-order valence-corrected chi connectivity index (χ4v) is 3.16. The van der Waals surface area contributed by atoms with Crippen LogP contribution in [0.5, 0.6) is 0 Å². The molecule has 0 aliphatic carbocycles. The van der Waals surface area contributed by atoms with Gasteiger partial charge >= 0.3 is 0 Å². The Morgan fingerprint density at radius 1 is 1.30 bits per heavy atom. The molecule has 0 saturated carbocycles. The van der Waals surface area contributed by atoms with E-state index in [4.69, 9.17) is 0 Å². The molecular weight excluding hydrogens is 266 g/mol. The summed E-state index contributed by atoms with van der Waals surface area (Å²) < 4.78 is 0. The van der Waals surface area contributed by atoms with E-state index < -0.39 is 0 Å². The van der Waals surface area contributed by atoms with E-state index in [0.717, 1.165) is 30.4 Å². The normalized spacial score (nSPS) is 16.6. The number of aliphatic imine (C=N–C) groups is 1. The maximum Gasteiger partial charge on any atom is 0.158 e. The first-order valence-corrected chi connectivity index (χ1v) is 8.14. The molecule has 2 rings (SSSR count). The van der Waals surface area contributed by atoms with Crippen LogP contribution in [-0.4, -0.2) is 43.5 Å². The SMILES string of the molecule is CN=C(SC)N1CCC(C)=C(c2ccc(NC)cc2)C1. The highest BCUT2D eigenvalue weighted by molar-refractivity contribution is 8.13. The average Bonchev–Trinajstić information content (AvgIpc) is 2.50. The first-order chi connectivity index (χ1) is 9.69. The minimum absolute atomic E-state index is 0.957. The number of hydrogen-bond donors (Lipinski definition) is 1. The predicted molar refractivity (Wildman–Crippen MR) is 91.6 cm³/mol. The van der Waals surface area contributed by atoms with Crippen LogP contribution < -0.4 is 5.32 Å². The smallest absolute Gasteiger partial charge is 0.158 e. The van der Waals surface area contributed by atoms with E-state index in [2.05, 4.69) is 52.7 Å². The molecule has 1 heterocycles. The van der Waals surface area contributed by atoms with Crippen LogP contribution in [0.4, 0.5) is 5.69 Å². The minimum atomic E-state index is 0.957. The van der Waals surface area contributed by atoms with Crippen LogP contribution in [0, 0.1) is 0 Å². The van der Waals surface area contributed by atoms with Gasteiger partial charge in [-0.2, -0.15) is 0 Å². The summed E-state index contributed by atoms with van der Waals surface area (Å²) in [7, 11) is 3.82. The molecule has 0 amide bonds. The molecule has 0 aromatic heterocycles. The summed E-state index contributed by atoms with van der Waals surface area (Å²) in [5.74, 6) is 0. The molecule has 1 aliphatic rings. The van der Waals surface area contributed by atoms with Gasteiger partial charge in [-0.15, -0.1) is 0 Å². The molecule has 0 fully saturated rings. The van der Waals surface area contributed by atoms with Gasteiger partial charge < -0.3 is 10.2 Å². The Morgan fingerprint density at radius 3 is 2.55 bits per heavy atom. The maximum atomic E-state index is 4.38. The van der Waals surface area contributed by atoms with Gasteiger partial charge in [0.15, 0.2) is 5.17 Å². The first kappa shape index (κ1) is 15.0. The third kappa shape index (κ3) is 3.18. The second kappa shape index (κ2) is 6.84. The second-order valence-electron chi connectivity index (χ2n) is 4.97. The summed E-state index contributed by atoms with van der Waals surface area (Å²) in [5, 5.41) is 4.29. The van der Waals surface area contributed by atoms with Crippen molar-refractivity contribution in [2.24, 2.45) is 4.99 Å². The molecule has 0 spiro atoms. The van der Waals surface area contributed by atoms with Crippen LogP contribution in [0.3, 0.4) is 0 Å². The molecular formula is C16H23N3S. The van der Waals surface area contributed by atoms with Crippen molar-refractivity contribution >= 4 is 28.2 Å². The molecule has 0 atom stereocenters. The van der Waals surface area contributed by atoms with Crippen LogP contribution in [0.15, 0.2) is 34.8 Å². The maximum absolute atomic E-state index is 4.38. The Morgan fingerprint density at radius 2 is 2.00 bits per heavy atom. The van der Waals surface area contributed by atoms with Crippen molar-refractivity contribution in [3.8, 4) is 0 Å². The number of hydrogen-bond acceptors (Lipinski definition) is 3. The fraction of sp³-hybridized carbons (Fsp3) is 0.438. The molecule has 0 unspecified atom stereocenters. The standard InChI is InChI=1S/C16H23N3S/c1-12-9-10-19(16(18-3)20-4)11-15(12)13-5-7-14(17-2)8-6-13/h5-8,17H,9-11H2,1-4H3. The highest BCUT2D eigenvalue weighted by Crippen LogP contribution is 2.28. The minimum Gasteiger partial charge on any atom is -0.388 e. The van der Waals surface area contributed by atoms with Crippen LogP contribution in [0.1, 0.15) is 18.9 Å². The Kier molecular flexibility index (Phi) is 5.12. The van der Waals surface area contributed by atoms with Crippen molar-refractivity contribution in [3.63, 3.8) is 0 Å². The van der Waals surface area contributed by atoms with Gasteiger partial charge in [0.25, 0.3) is 0 Å². The zero-order chi connectivity index (χ0) is 14.5. The van der Waals surface area contributed by atoms with Gasteiger partial charge in [0.1, 0.15) is 0 Å². The van der Waals surface area contributed by atoms with Crippen molar-refractivity contribution in [3.05, 3.63) is 35.4 Å². The monoisotopic (exact) mass is 289 g/mol. The number of anilines is 1. The highest BCUT2D eigenvalue weighted by Gasteiger charge is 2.19. The molecule has 1 aromatic rings. The van der Waals surface area contributed by atoms with E-state index in [0.29, 0.717) is 0 Å². The molecule has 108 valence electrons. The van der Waals surface area contributed by atoms with Gasteiger partial charge in [0.05, 0.1) is 0 Å². The highest BCUT2D eigenvalue weighted by atomic mass is 32.2. The van der Waals surface area contributed by atoms with Crippen molar-refractivity contribution in [2.75, 3.05) is 38.8 Å². The zero-order valence-electron chi connectivity index (χ0n) is 12.7. The molecule has 1 aromatic carbocycles. The summed E-state index contributed by atoms with van der Waals surface area (Å²) in [6.45, 7) is 4.27. The van der Waals surface area contributed by atoms with Gasteiger partial charge in [0, 0.05) is 32.9 Å². The lowest BCUT2D eigenvalue weighted by molar-refractivity contribution is 0.461. The van der Waals surface area contributed by atoms with Crippen LogP contribution >= 0.6 is 11.8 Å². The lowest BCUT2D eigenvalue weighted by Gasteiger charge is -2.32. The first-order valence-electron chi connectivity index (χ1n) is 6.92. The molecule has 0 radical (unpaired) electrons. The second-order valence-corrected chi connectivity index (χ2v) is 5.74. The number of nitrogens with one attached hydrogen (secondary N) is 1. The van der Waals surface area contributed by atoms with Gasteiger partial charge in [0.2, 0.25) is 0 Å². The van der Waals surface area contributed by atoms with E-state index in [1.165, 1.54) is 16.7 Å². The molecule has 1 N–H and O–H groups in total. The van der Waals surface area contributed by atoms with E-state index in [1.54, 1.807) is 11.8 Å². The Labute approximate surface area is 126 Å². The predicted octanol–water partition coefficient (Wildman–Crippen LogP) is 3.56. The Bertz CT molecular complexity index is 517. The number of thioether (sulfide) groups is 1. The summed E-state index contributed by atoms with van der Waals surface area (Å²) in [5.41, 5.74) is 5.41. The van der Waals surface area contributed by atoms with Crippen LogP contribution in [0.2, 0.25) is 0 Å². The lowest BCUT2D eigenvalue weighted by Crippen LogP contribution is -2.34. The van der Waals surface area contributed by atoms with Gasteiger partial charge in [-0.25, -0.2) is 0 Å². The van der Waals surface area contributed by atoms with E-state index in [-0.39, 0.29) is 0 Å². The molecule has 0 bridgehead atoms. The lowest BCUT2D eigenvalue weighted by atomic mass is 9.95. The van der Waals surface area contributed by atoms with Crippen molar-refractivity contribution in [2.45, 2.75) is 13.3 Å². The topological polar surface area (TPSA) is 27.6 Å². The third-order valence-corrected chi connectivity index (χ3v) is 4.59. The van der Waals surface area contributed by atoms with Crippen molar-refractivity contribution < 1.29 is 0 Å². The Hall–Kier alpha value is -1.42. The zero-order valence-corrected chi connectivity index (χ0v) is 13.5. The molecule has 20 heavy (non-hydrogen) atoms. The number of amidine groups is 1. The number of nitrogens with zero attached hydrogens (tertiary/aromatic N) is 2. The molecule has 1 aliphatic heterocycles. The van der Waals surface area contributed by atoms with Crippen molar-refractivity contribution in [1.82, 2.24) is 4.90 Å². The average molecular weight is 289 g/mol. The molecule has 0 saturated heterocycles. The van der Waals surface area contributed by atoms with E-state index in [1.807, 2.05) is 14.1 Å². The number of rotatable bonds is 2. The fourth-order valence-electron chi connectivity index (χ4n) is 2.56. The molecule has 4 heteroatoms. The van der Waals surface area contributed by atoms with Gasteiger partial charge in [-0.05, 0) is 42.9 Å². The largest absolute Gasteiger partial charge is 0.388 e. The van der Waals surface area contributed by atoms with Crippen LogP contribution in [0.25, 0.3) is 5.57 Å². The third-order valence-electron chi connectivity index (χ3n) is 3.79. The van der Waals surface area contributed by atoms with Gasteiger partial charge in [-0.1, -0.05) is 29.5 Å². The quantitative estimate of drug-likeness (QED) is 0.666. The van der Waals surface area contributed by atoms with Crippen molar-refractivity contribution in [1.29, 1.82) is 0 Å². The summed E-state index contributed by atoms with van der Waals surface area (Å²) >= 11 is 1.72.